The Morgan fingerprint density at radius 1 is 0.653 bits per heavy atom. The lowest BCUT2D eigenvalue weighted by Crippen LogP contribution is -2.59. The van der Waals surface area contributed by atoms with Crippen LogP contribution in [-0.2, 0) is 46.4 Å². The van der Waals surface area contributed by atoms with Gasteiger partial charge in [-0.1, -0.05) is 24.3 Å². The molecule has 49 heavy (non-hydrogen) atoms. The zero-order valence-electron chi connectivity index (χ0n) is 26.5. The van der Waals surface area contributed by atoms with Crippen LogP contribution < -0.4 is 32.7 Å². The minimum absolute atomic E-state index is 0.00924. The smallest absolute Gasteiger partial charge is 0.326 e. The molecule has 266 valence electrons. The lowest BCUT2D eigenvalue weighted by Gasteiger charge is -2.26. The van der Waals surface area contributed by atoms with Gasteiger partial charge in [0.15, 0.2) is 0 Å². The molecule has 0 aliphatic heterocycles. The molecule has 0 aliphatic rings. The van der Waals surface area contributed by atoms with Crippen molar-refractivity contribution in [1.29, 1.82) is 0 Å². The summed E-state index contributed by atoms with van der Waals surface area (Å²) in [5.74, 6) is -7.44. The first-order chi connectivity index (χ1) is 23.1. The second kappa shape index (κ2) is 19.5. The van der Waals surface area contributed by atoms with Crippen molar-refractivity contribution in [3.05, 3.63) is 59.7 Å². The van der Waals surface area contributed by atoms with Gasteiger partial charge in [0, 0.05) is 12.8 Å². The number of nitrogens with two attached hydrogens (primary N) is 2. The summed E-state index contributed by atoms with van der Waals surface area (Å²) in [6, 6.07) is 3.81. The van der Waals surface area contributed by atoms with Crippen molar-refractivity contribution < 1.29 is 54.0 Å². The van der Waals surface area contributed by atoms with E-state index in [2.05, 4.69) is 21.3 Å². The minimum Gasteiger partial charge on any atom is -0.508 e. The number of benzene rings is 2. The van der Waals surface area contributed by atoms with Crippen molar-refractivity contribution >= 4 is 53.2 Å². The quantitative estimate of drug-likeness (QED) is 0.0739. The van der Waals surface area contributed by atoms with Crippen molar-refractivity contribution in [3.8, 4) is 11.5 Å². The topological polar surface area (TPSA) is 301 Å². The number of amides is 5. The summed E-state index contributed by atoms with van der Waals surface area (Å²) in [4.78, 5) is 87.7. The van der Waals surface area contributed by atoms with Crippen LogP contribution in [-0.4, -0.2) is 104 Å². The van der Waals surface area contributed by atoms with E-state index in [4.69, 9.17) is 11.5 Å². The average molecular weight is 705 g/mol. The van der Waals surface area contributed by atoms with Crippen LogP contribution in [0.5, 0.6) is 11.5 Å². The number of rotatable bonds is 20. The van der Waals surface area contributed by atoms with Crippen molar-refractivity contribution in [2.75, 3.05) is 12.0 Å². The molecule has 0 heterocycles. The molecular weight excluding hydrogens is 664 g/mol. The van der Waals surface area contributed by atoms with Gasteiger partial charge in [0.2, 0.25) is 29.5 Å². The fourth-order valence-electron chi connectivity index (χ4n) is 4.44. The van der Waals surface area contributed by atoms with Gasteiger partial charge in [-0.3, -0.25) is 28.8 Å². The van der Waals surface area contributed by atoms with Gasteiger partial charge < -0.3 is 53.2 Å². The second-order valence-corrected chi connectivity index (χ2v) is 12.0. The number of primary amides is 1. The maximum Gasteiger partial charge on any atom is 0.326 e. The lowest BCUT2D eigenvalue weighted by atomic mass is 10.0. The number of carbonyl (C=O) groups is 7. The Hall–Kier alpha value is -5.36. The Labute approximate surface area is 285 Å². The first-order valence-corrected chi connectivity index (χ1v) is 16.2. The molecule has 0 radical (unpaired) electrons. The second-order valence-electron chi connectivity index (χ2n) is 11.0. The van der Waals surface area contributed by atoms with Crippen LogP contribution in [0.25, 0.3) is 0 Å². The maximum atomic E-state index is 13.5. The lowest BCUT2D eigenvalue weighted by molar-refractivity contribution is -0.143. The van der Waals surface area contributed by atoms with Crippen molar-refractivity contribution in [2.24, 2.45) is 11.5 Å². The van der Waals surface area contributed by atoms with Crippen LogP contribution >= 0.6 is 11.8 Å². The molecule has 0 aliphatic carbocycles. The first kappa shape index (κ1) is 39.8. The van der Waals surface area contributed by atoms with E-state index < -0.39 is 84.5 Å². The monoisotopic (exact) mass is 704 g/mol. The van der Waals surface area contributed by atoms with Crippen LogP contribution in [0.2, 0.25) is 0 Å². The highest BCUT2D eigenvalue weighted by molar-refractivity contribution is 7.98. The molecule has 5 amide bonds. The fourth-order valence-corrected chi connectivity index (χ4v) is 4.91. The van der Waals surface area contributed by atoms with Gasteiger partial charge in [-0.05, 0) is 53.8 Å². The zero-order chi connectivity index (χ0) is 36.7. The van der Waals surface area contributed by atoms with Gasteiger partial charge in [-0.15, -0.1) is 0 Å². The van der Waals surface area contributed by atoms with Crippen molar-refractivity contribution in [1.82, 2.24) is 21.3 Å². The number of carbonyl (C=O) groups excluding carboxylic acids is 5. The third kappa shape index (κ3) is 14.1. The number of hydrogen-bond donors (Lipinski definition) is 10. The van der Waals surface area contributed by atoms with Crippen molar-refractivity contribution in [3.63, 3.8) is 0 Å². The molecule has 0 saturated carbocycles. The average Bonchev–Trinajstić information content (AvgIpc) is 3.03. The van der Waals surface area contributed by atoms with Crippen LogP contribution in [0, 0.1) is 0 Å². The molecule has 5 atom stereocenters. The highest BCUT2D eigenvalue weighted by atomic mass is 32.2. The predicted molar refractivity (Wildman–Crippen MR) is 176 cm³/mol. The third-order valence-electron chi connectivity index (χ3n) is 7.01. The highest BCUT2D eigenvalue weighted by Crippen LogP contribution is 2.14. The number of carboxylic acids is 2. The molecule has 2 aromatic rings. The summed E-state index contributed by atoms with van der Waals surface area (Å²) in [5.41, 5.74) is 11.8. The molecule has 0 bridgehead atoms. The molecule has 12 N–H and O–H groups in total. The summed E-state index contributed by atoms with van der Waals surface area (Å²) < 4.78 is 0. The Kier molecular flexibility index (Phi) is 15.8. The fraction of sp³-hybridized carbons (Fsp3) is 0.387. The van der Waals surface area contributed by atoms with E-state index >= 15 is 0 Å². The van der Waals surface area contributed by atoms with Crippen LogP contribution in [0.15, 0.2) is 48.5 Å². The number of thioether (sulfide) groups is 1. The standard InChI is InChI=1S/C31H40N6O11S/c1-49-11-10-21(28(44)37-24(31(47)48)13-17-4-8-19(39)9-5-17)34-30(46)23(15-26(41)42)36-29(45)22(12-16-2-6-18(38)7-3-16)35-27(43)20(32)14-25(33)40/h2-9,20-24,38-39H,10-15,32H2,1H3,(H2,33,40)(H,34,46)(H,35,43)(H,36,45)(H,37,44)(H,41,42)(H,47,48)/t20-,21-,22-,23-,24-/m0/s1. The Balaban J connectivity index is 2.28. The van der Waals surface area contributed by atoms with Gasteiger partial charge in [0.25, 0.3) is 0 Å². The number of hydrogen-bond acceptors (Lipinski definition) is 11. The molecule has 0 saturated heterocycles. The number of carboxylic acid groups (broad SMARTS) is 2. The van der Waals surface area contributed by atoms with Crippen LogP contribution in [0.3, 0.4) is 0 Å². The molecule has 0 aromatic heterocycles. The number of phenols is 2. The van der Waals surface area contributed by atoms with Crippen LogP contribution in [0.1, 0.15) is 30.4 Å². The van der Waals surface area contributed by atoms with Gasteiger partial charge in [0.05, 0.1) is 18.9 Å². The van der Waals surface area contributed by atoms with Gasteiger partial charge in [0.1, 0.15) is 35.7 Å². The number of nitrogens with one attached hydrogen (secondary N) is 4. The Morgan fingerprint density at radius 3 is 1.55 bits per heavy atom. The normalized spacial score (nSPS) is 13.8. The molecular formula is C31H40N6O11S. The number of aromatic hydroxyl groups is 2. The molecule has 0 unspecified atom stereocenters. The summed E-state index contributed by atoms with van der Waals surface area (Å²) in [5, 5.41) is 47.8. The number of phenolic OH excluding ortho intramolecular Hbond substituents is 2. The Bertz CT molecular complexity index is 1490. The maximum absolute atomic E-state index is 13.5. The van der Waals surface area contributed by atoms with E-state index in [1.54, 1.807) is 6.26 Å². The Morgan fingerprint density at radius 2 is 1.08 bits per heavy atom. The summed E-state index contributed by atoms with van der Waals surface area (Å²) >= 11 is 1.32. The summed E-state index contributed by atoms with van der Waals surface area (Å²) in [6.45, 7) is 0. The predicted octanol–water partition coefficient (Wildman–Crippen LogP) is -1.66. The van der Waals surface area contributed by atoms with Gasteiger partial charge in [-0.2, -0.15) is 11.8 Å². The van der Waals surface area contributed by atoms with Crippen LogP contribution in [0.4, 0.5) is 0 Å². The van der Waals surface area contributed by atoms with E-state index in [9.17, 15) is 54.0 Å². The highest BCUT2D eigenvalue weighted by Gasteiger charge is 2.33. The summed E-state index contributed by atoms with van der Waals surface area (Å²) in [7, 11) is 0. The molecule has 0 fully saturated rings. The van der Waals surface area contributed by atoms with E-state index in [0.717, 1.165) is 0 Å². The summed E-state index contributed by atoms with van der Waals surface area (Å²) in [6.07, 6.45) is -0.102. The molecule has 0 spiro atoms. The van der Waals surface area contributed by atoms with E-state index in [1.807, 2.05) is 0 Å². The molecule has 17 nitrogen and oxygen atoms in total. The number of aliphatic carboxylic acids is 2. The molecule has 18 heteroatoms. The van der Waals surface area contributed by atoms with Gasteiger partial charge >= 0.3 is 11.9 Å². The third-order valence-corrected chi connectivity index (χ3v) is 7.66. The SMILES string of the molecule is CSCC[C@H](NC(=O)[C@H](CC(=O)O)NC(=O)[C@H](Cc1ccc(O)cc1)NC(=O)[C@@H](N)CC(N)=O)C(=O)N[C@@H](Cc1ccc(O)cc1)C(=O)O. The van der Waals surface area contributed by atoms with Gasteiger partial charge in [-0.25, -0.2) is 4.79 Å². The first-order valence-electron chi connectivity index (χ1n) is 14.8. The minimum atomic E-state index is -1.76. The van der Waals surface area contributed by atoms with E-state index in [1.165, 1.54) is 60.3 Å². The van der Waals surface area contributed by atoms with E-state index in [0.29, 0.717) is 16.9 Å². The van der Waals surface area contributed by atoms with E-state index in [-0.39, 0.29) is 30.8 Å². The zero-order valence-corrected chi connectivity index (χ0v) is 27.3. The molecule has 2 rings (SSSR count). The molecule has 2 aromatic carbocycles. The van der Waals surface area contributed by atoms with Crippen molar-refractivity contribution in [2.45, 2.75) is 62.3 Å². The largest absolute Gasteiger partial charge is 0.508 e.